The van der Waals surface area contributed by atoms with Gasteiger partial charge in [0.2, 0.25) is 11.8 Å². The molecule has 4 rings (SSSR count). The van der Waals surface area contributed by atoms with E-state index in [4.69, 9.17) is 34.7 Å². The zero-order valence-corrected chi connectivity index (χ0v) is 22.5. The maximum absolute atomic E-state index is 12.9. The van der Waals surface area contributed by atoms with E-state index in [0.29, 0.717) is 36.2 Å². The molecule has 1 aromatic carbocycles. The highest BCUT2D eigenvalue weighted by atomic mass is 35.5. The second-order valence-corrected chi connectivity index (χ2v) is 10.4. The van der Waals surface area contributed by atoms with E-state index in [1.807, 2.05) is 25.2 Å². The monoisotopic (exact) mass is 548 g/mol. The first-order valence-corrected chi connectivity index (χ1v) is 13.4. The van der Waals surface area contributed by atoms with Crippen LogP contribution in [0.2, 0.25) is 10.0 Å². The molecule has 2 aliphatic rings. The number of halogens is 2. The number of hydrogen-bond acceptors (Lipinski definition) is 5. The van der Waals surface area contributed by atoms with E-state index in [0.717, 1.165) is 49.2 Å². The predicted molar refractivity (Wildman–Crippen MR) is 147 cm³/mol. The van der Waals surface area contributed by atoms with Crippen LogP contribution >= 0.6 is 23.2 Å². The van der Waals surface area contributed by atoms with Crippen molar-refractivity contribution >= 4 is 46.8 Å². The summed E-state index contributed by atoms with van der Waals surface area (Å²) in [5.74, 6) is 0.495. The van der Waals surface area contributed by atoms with Crippen molar-refractivity contribution in [3.8, 4) is 11.3 Å². The molecular weight excluding hydrogens is 515 g/mol. The zero-order valence-electron chi connectivity index (χ0n) is 21.0. The molecule has 12 heteroatoms. The van der Waals surface area contributed by atoms with Crippen LogP contribution in [0.3, 0.4) is 0 Å². The fourth-order valence-electron chi connectivity index (χ4n) is 5.14. The molecule has 1 aliphatic heterocycles. The molecule has 1 aromatic heterocycles. The molecule has 2 heterocycles. The predicted octanol–water partition coefficient (Wildman–Crippen LogP) is 2.38. The highest BCUT2D eigenvalue weighted by molar-refractivity contribution is 6.43. The van der Waals surface area contributed by atoms with Gasteiger partial charge in [-0.05, 0) is 24.8 Å². The Labute approximate surface area is 226 Å². The van der Waals surface area contributed by atoms with Crippen molar-refractivity contribution in [2.45, 2.75) is 38.1 Å². The maximum Gasteiger partial charge on any atom is 0.245 e. The molecule has 2 amide bonds. The SMILES string of the molecule is Cn1nc(-c2cccc(Cl)c2Cl)cc1N1CCN(C(=O)CNC(=O)[C@H](N=C(N)N)C2CCCCC2)CC1. The van der Waals surface area contributed by atoms with Crippen molar-refractivity contribution < 1.29 is 9.59 Å². The van der Waals surface area contributed by atoms with Crippen molar-refractivity contribution in [3.05, 3.63) is 34.3 Å². The lowest BCUT2D eigenvalue weighted by Crippen LogP contribution is -2.52. The van der Waals surface area contributed by atoms with E-state index in [2.05, 4.69) is 20.3 Å². The van der Waals surface area contributed by atoms with E-state index in [9.17, 15) is 9.59 Å². The molecule has 1 saturated heterocycles. The Morgan fingerprint density at radius 2 is 1.84 bits per heavy atom. The Balaban J connectivity index is 1.32. The number of guanidine groups is 1. The Morgan fingerprint density at radius 3 is 2.51 bits per heavy atom. The van der Waals surface area contributed by atoms with Crippen LogP contribution in [0.4, 0.5) is 5.82 Å². The lowest BCUT2D eigenvalue weighted by atomic mass is 9.83. The van der Waals surface area contributed by atoms with Crippen LogP contribution in [0, 0.1) is 5.92 Å². The second-order valence-electron chi connectivity index (χ2n) is 9.60. The first kappa shape index (κ1) is 27.1. The van der Waals surface area contributed by atoms with Crippen LogP contribution in [0.25, 0.3) is 11.3 Å². The number of nitrogens with zero attached hydrogens (tertiary/aromatic N) is 5. The first-order chi connectivity index (χ1) is 17.7. The van der Waals surface area contributed by atoms with Crippen molar-refractivity contribution in [2.75, 3.05) is 37.6 Å². The molecule has 2 fully saturated rings. The number of aromatic nitrogens is 2. The molecule has 5 N–H and O–H groups in total. The molecular formula is C25H34Cl2N8O2. The summed E-state index contributed by atoms with van der Waals surface area (Å²) in [6, 6.07) is 6.80. The number of carbonyl (C=O) groups is 2. The molecule has 37 heavy (non-hydrogen) atoms. The molecule has 2 aromatic rings. The minimum absolute atomic E-state index is 0.0782. The van der Waals surface area contributed by atoms with E-state index < -0.39 is 6.04 Å². The molecule has 0 unspecified atom stereocenters. The molecule has 1 aliphatic carbocycles. The minimum atomic E-state index is -0.651. The third kappa shape index (κ3) is 6.48. The molecule has 0 radical (unpaired) electrons. The molecule has 0 bridgehead atoms. The molecule has 0 spiro atoms. The fraction of sp³-hybridized carbons (Fsp3) is 0.520. The van der Waals surface area contributed by atoms with Crippen molar-refractivity contribution in [3.63, 3.8) is 0 Å². The van der Waals surface area contributed by atoms with E-state index in [1.54, 1.807) is 15.6 Å². The van der Waals surface area contributed by atoms with Gasteiger partial charge in [0.15, 0.2) is 5.96 Å². The van der Waals surface area contributed by atoms with Crippen molar-refractivity contribution in [1.29, 1.82) is 0 Å². The standard InChI is InChI=1S/C25H34Cl2N8O2/c1-33-20(14-19(32-33)17-8-5-9-18(26)22(17)27)34-10-12-35(13-11-34)21(36)15-30-24(37)23(31-25(28)29)16-6-3-2-4-7-16/h5,8-9,14,16,23H,2-4,6-7,10-13,15H2,1H3,(H,30,37)(H4,28,29,31)/t23-/m1/s1. The third-order valence-corrected chi connectivity index (χ3v) is 7.92. The summed E-state index contributed by atoms with van der Waals surface area (Å²) in [4.78, 5) is 33.8. The Morgan fingerprint density at radius 1 is 1.14 bits per heavy atom. The number of amides is 2. The highest BCUT2D eigenvalue weighted by Crippen LogP contribution is 2.34. The van der Waals surface area contributed by atoms with Gasteiger partial charge in [-0.2, -0.15) is 5.10 Å². The average Bonchev–Trinajstić information content (AvgIpc) is 3.29. The lowest BCUT2D eigenvalue weighted by molar-refractivity contribution is -0.133. The van der Waals surface area contributed by atoms with Crippen LogP contribution in [0.1, 0.15) is 32.1 Å². The number of aliphatic imine (C=N–C) groups is 1. The number of hydrogen-bond donors (Lipinski definition) is 3. The van der Waals surface area contributed by atoms with Crippen LogP contribution < -0.4 is 21.7 Å². The van der Waals surface area contributed by atoms with E-state index in [1.165, 1.54) is 0 Å². The van der Waals surface area contributed by atoms with Gasteiger partial charge in [-0.1, -0.05) is 54.6 Å². The van der Waals surface area contributed by atoms with Crippen molar-refractivity contribution in [1.82, 2.24) is 20.0 Å². The van der Waals surface area contributed by atoms with Gasteiger partial charge < -0.3 is 26.6 Å². The molecule has 10 nitrogen and oxygen atoms in total. The Kier molecular flexibility index (Phi) is 8.81. The van der Waals surface area contributed by atoms with Gasteiger partial charge in [-0.3, -0.25) is 14.3 Å². The summed E-state index contributed by atoms with van der Waals surface area (Å²) < 4.78 is 1.80. The smallest absolute Gasteiger partial charge is 0.245 e. The quantitative estimate of drug-likeness (QED) is 0.359. The third-order valence-electron chi connectivity index (χ3n) is 7.11. The number of rotatable bonds is 7. The summed E-state index contributed by atoms with van der Waals surface area (Å²) in [5, 5.41) is 8.33. The Hall–Kier alpha value is -2.98. The summed E-state index contributed by atoms with van der Waals surface area (Å²) in [5.41, 5.74) is 12.7. The first-order valence-electron chi connectivity index (χ1n) is 12.6. The number of nitrogens with one attached hydrogen (secondary N) is 1. The van der Waals surface area contributed by atoms with Crippen molar-refractivity contribution in [2.24, 2.45) is 29.4 Å². The Bertz CT molecular complexity index is 1150. The van der Waals surface area contributed by atoms with Crippen LogP contribution in [0.15, 0.2) is 29.3 Å². The fourth-order valence-corrected chi connectivity index (χ4v) is 5.54. The molecule has 1 atom stereocenters. The van der Waals surface area contributed by atoms with Gasteiger partial charge in [-0.15, -0.1) is 0 Å². The topological polar surface area (TPSA) is 135 Å². The number of carbonyl (C=O) groups excluding carboxylic acids is 2. The van der Waals surface area contributed by atoms with Gasteiger partial charge in [-0.25, -0.2) is 4.99 Å². The van der Waals surface area contributed by atoms with E-state index in [-0.39, 0.29) is 30.2 Å². The second kappa shape index (κ2) is 12.0. The van der Waals surface area contributed by atoms with Gasteiger partial charge >= 0.3 is 0 Å². The number of benzene rings is 1. The lowest BCUT2D eigenvalue weighted by Gasteiger charge is -2.36. The van der Waals surface area contributed by atoms with Crippen LogP contribution in [0.5, 0.6) is 0 Å². The van der Waals surface area contributed by atoms with Crippen LogP contribution in [-0.2, 0) is 16.6 Å². The minimum Gasteiger partial charge on any atom is -0.370 e. The molecule has 200 valence electrons. The normalized spacial score (nSPS) is 17.4. The van der Waals surface area contributed by atoms with Gasteiger partial charge in [0.05, 0.1) is 22.3 Å². The summed E-state index contributed by atoms with van der Waals surface area (Å²) in [6.45, 7) is 2.27. The summed E-state index contributed by atoms with van der Waals surface area (Å²) >= 11 is 12.6. The van der Waals surface area contributed by atoms with Gasteiger partial charge in [0.1, 0.15) is 11.9 Å². The van der Waals surface area contributed by atoms with Gasteiger partial charge in [0, 0.05) is 44.9 Å². The number of anilines is 1. The number of nitrogens with two attached hydrogens (primary N) is 2. The largest absolute Gasteiger partial charge is 0.370 e. The van der Waals surface area contributed by atoms with E-state index >= 15 is 0 Å². The zero-order chi connectivity index (χ0) is 26.5. The van der Waals surface area contributed by atoms with Gasteiger partial charge in [0.25, 0.3) is 0 Å². The van der Waals surface area contributed by atoms with Crippen LogP contribution in [-0.4, -0.2) is 71.2 Å². The summed E-state index contributed by atoms with van der Waals surface area (Å²) in [6.07, 6.45) is 5.09. The molecule has 1 saturated carbocycles. The number of aryl methyl sites for hydroxylation is 1. The summed E-state index contributed by atoms with van der Waals surface area (Å²) in [7, 11) is 1.88. The highest BCUT2D eigenvalue weighted by Gasteiger charge is 2.30. The maximum atomic E-state index is 12.9. The number of piperazine rings is 1. The average molecular weight is 550 g/mol.